The van der Waals surface area contributed by atoms with Crippen LogP contribution in [0.15, 0.2) is 40.9 Å². The van der Waals surface area contributed by atoms with Crippen LogP contribution in [0.3, 0.4) is 0 Å². The van der Waals surface area contributed by atoms with E-state index in [9.17, 15) is 4.79 Å². The summed E-state index contributed by atoms with van der Waals surface area (Å²) in [5, 5.41) is 10.8. The molecular formula is C16H15BrN2O. The van der Waals surface area contributed by atoms with Crippen molar-refractivity contribution >= 4 is 32.6 Å². The van der Waals surface area contributed by atoms with E-state index in [0.717, 1.165) is 15.2 Å². The number of rotatable bonds is 4. The van der Waals surface area contributed by atoms with Gasteiger partial charge in [-0.2, -0.15) is 5.26 Å². The second-order valence-corrected chi connectivity index (χ2v) is 5.41. The summed E-state index contributed by atoms with van der Waals surface area (Å²) in [6.07, 6.45) is 0.361. The van der Waals surface area contributed by atoms with E-state index in [1.54, 1.807) is 4.90 Å². The summed E-state index contributed by atoms with van der Waals surface area (Å²) in [6, 6.07) is 13.7. The molecule has 0 spiro atoms. The maximum Gasteiger partial charge on any atom is 0.253 e. The van der Waals surface area contributed by atoms with Gasteiger partial charge in [-0.15, -0.1) is 0 Å². The van der Waals surface area contributed by atoms with Gasteiger partial charge in [-0.25, -0.2) is 0 Å². The van der Waals surface area contributed by atoms with Gasteiger partial charge in [0.25, 0.3) is 5.91 Å². The Balaban J connectivity index is 2.30. The molecule has 0 radical (unpaired) electrons. The van der Waals surface area contributed by atoms with Crippen LogP contribution in [-0.2, 0) is 0 Å². The molecule has 4 heteroatoms. The third kappa shape index (κ3) is 3.17. The minimum atomic E-state index is -0.0208. The standard InChI is InChI=1S/C16H15BrN2O/c1-2-19(9-3-8-18)16(20)14-5-4-13-11-15(17)7-6-12(13)10-14/h4-7,10-11H,2-3,9H2,1H3. The number of benzene rings is 2. The van der Waals surface area contributed by atoms with Crippen LogP contribution in [0, 0.1) is 11.3 Å². The van der Waals surface area contributed by atoms with Gasteiger partial charge in [-0.1, -0.05) is 28.1 Å². The lowest BCUT2D eigenvalue weighted by atomic mass is 10.1. The topological polar surface area (TPSA) is 44.1 Å². The van der Waals surface area contributed by atoms with Crippen LogP contribution in [0.4, 0.5) is 0 Å². The number of fused-ring (bicyclic) bond motifs is 1. The summed E-state index contributed by atoms with van der Waals surface area (Å²) in [6.45, 7) is 3.01. The highest BCUT2D eigenvalue weighted by Gasteiger charge is 2.14. The molecule has 0 aliphatic carbocycles. The quantitative estimate of drug-likeness (QED) is 0.851. The molecule has 3 nitrogen and oxygen atoms in total. The molecule has 2 rings (SSSR count). The molecule has 0 atom stereocenters. The molecule has 0 heterocycles. The third-order valence-corrected chi connectivity index (χ3v) is 3.70. The van der Waals surface area contributed by atoms with E-state index in [-0.39, 0.29) is 5.91 Å². The predicted octanol–water partition coefficient (Wildman–Crippen LogP) is 3.98. The fourth-order valence-corrected chi connectivity index (χ4v) is 2.50. The molecule has 0 aromatic heterocycles. The number of carbonyl (C=O) groups excluding carboxylic acids is 1. The van der Waals surface area contributed by atoms with Crippen molar-refractivity contribution < 1.29 is 4.79 Å². The number of amides is 1. The molecule has 102 valence electrons. The van der Waals surface area contributed by atoms with E-state index < -0.39 is 0 Å². The highest BCUT2D eigenvalue weighted by molar-refractivity contribution is 9.10. The molecule has 0 N–H and O–H groups in total. The minimum Gasteiger partial charge on any atom is -0.338 e. The van der Waals surface area contributed by atoms with Gasteiger partial charge in [0.05, 0.1) is 12.5 Å². The molecule has 1 amide bonds. The lowest BCUT2D eigenvalue weighted by Crippen LogP contribution is -2.31. The van der Waals surface area contributed by atoms with Gasteiger partial charge >= 0.3 is 0 Å². The van der Waals surface area contributed by atoms with Gasteiger partial charge in [-0.05, 0) is 42.0 Å². The van der Waals surface area contributed by atoms with E-state index >= 15 is 0 Å². The molecular weight excluding hydrogens is 316 g/mol. The fraction of sp³-hybridized carbons (Fsp3) is 0.250. The number of hydrogen-bond acceptors (Lipinski definition) is 2. The second-order valence-electron chi connectivity index (χ2n) is 4.50. The Hall–Kier alpha value is -1.86. The number of nitrogens with zero attached hydrogens (tertiary/aromatic N) is 2. The van der Waals surface area contributed by atoms with Crippen LogP contribution in [0.1, 0.15) is 23.7 Å². The fourth-order valence-electron chi connectivity index (χ4n) is 2.12. The van der Waals surface area contributed by atoms with Crippen molar-refractivity contribution in [3.8, 4) is 6.07 Å². The molecule has 2 aromatic carbocycles. The van der Waals surface area contributed by atoms with E-state index in [0.29, 0.717) is 25.1 Å². The Morgan fingerprint density at radius 2 is 1.95 bits per heavy atom. The zero-order chi connectivity index (χ0) is 14.5. The number of hydrogen-bond donors (Lipinski definition) is 0. The Morgan fingerprint density at radius 3 is 2.65 bits per heavy atom. The zero-order valence-electron chi connectivity index (χ0n) is 11.3. The normalized spacial score (nSPS) is 10.2. The Bertz CT molecular complexity index is 676. The molecule has 0 saturated carbocycles. The minimum absolute atomic E-state index is 0.0208. The maximum absolute atomic E-state index is 12.4. The van der Waals surface area contributed by atoms with Crippen molar-refractivity contribution in [2.24, 2.45) is 0 Å². The third-order valence-electron chi connectivity index (χ3n) is 3.21. The first-order valence-corrected chi connectivity index (χ1v) is 7.30. The van der Waals surface area contributed by atoms with Gasteiger partial charge < -0.3 is 4.90 Å². The summed E-state index contributed by atoms with van der Waals surface area (Å²) in [4.78, 5) is 14.1. The largest absolute Gasteiger partial charge is 0.338 e. The van der Waals surface area contributed by atoms with Crippen LogP contribution in [0.5, 0.6) is 0 Å². The Morgan fingerprint density at radius 1 is 1.25 bits per heavy atom. The number of nitriles is 1. The Labute approximate surface area is 126 Å². The van der Waals surface area contributed by atoms with Gasteiger partial charge in [0, 0.05) is 23.1 Å². The molecule has 0 saturated heterocycles. The van der Waals surface area contributed by atoms with Crippen molar-refractivity contribution in [2.45, 2.75) is 13.3 Å². The molecule has 20 heavy (non-hydrogen) atoms. The highest BCUT2D eigenvalue weighted by atomic mass is 79.9. The predicted molar refractivity (Wildman–Crippen MR) is 83.5 cm³/mol. The lowest BCUT2D eigenvalue weighted by molar-refractivity contribution is 0.0768. The monoisotopic (exact) mass is 330 g/mol. The van der Waals surface area contributed by atoms with Crippen molar-refractivity contribution in [1.82, 2.24) is 4.90 Å². The van der Waals surface area contributed by atoms with Crippen molar-refractivity contribution in [1.29, 1.82) is 5.26 Å². The lowest BCUT2D eigenvalue weighted by Gasteiger charge is -2.19. The molecule has 0 unspecified atom stereocenters. The molecule has 0 fully saturated rings. The van der Waals surface area contributed by atoms with E-state index in [2.05, 4.69) is 22.0 Å². The van der Waals surface area contributed by atoms with Crippen molar-refractivity contribution in [3.63, 3.8) is 0 Å². The molecule has 2 aromatic rings. The summed E-state index contributed by atoms with van der Waals surface area (Å²) in [7, 11) is 0. The van der Waals surface area contributed by atoms with Gasteiger partial charge in [0.2, 0.25) is 0 Å². The van der Waals surface area contributed by atoms with E-state index in [1.165, 1.54) is 0 Å². The highest BCUT2D eigenvalue weighted by Crippen LogP contribution is 2.21. The summed E-state index contributed by atoms with van der Waals surface area (Å²) < 4.78 is 1.02. The first-order valence-electron chi connectivity index (χ1n) is 6.51. The van der Waals surface area contributed by atoms with Crippen molar-refractivity contribution in [2.75, 3.05) is 13.1 Å². The van der Waals surface area contributed by atoms with Crippen LogP contribution in [0.2, 0.25) is 0 Å². The van der Waals surface area contributed by atoms with Crippen LogP contribution < -0.4 is 0 Å². The van der Waals surface area contributed by atoms with Crippen LogP contribution >= 0.6 is 15.9 Å². The van der Waals surface area contributed by atoms with E-state index in [4.69, 9.17) is 5.26 Å². The number of halogens is 1. The maximum atomic E-state index is 12.4. The van der Waals surface area contributed by atoms with Crippen molar-refractivity contribution in [3.05, 3.63) is 46.4 Å². The Kier molecular flexibility index (Phi) is 4.75. The van der Waals surface area contributed by atoms with Gasteiger partial charge in [0.15, 0.2) is 0 Å². The SMILES string of the molecule is CCN(CCC#N)C(=O)c1ccc2cc(Br)ccc2c1. The summed E-state index contributed by atoms with van der Waals surface area (Å²) in [5.74, 6) is -0.0208. The number of carbonyl (C=O) groups is 1. The van der Waals surface area contributed by atoms with Crippen LogP contribution in [-0.4, -0.2) is 23.9 Å². The summed E-state index contributed by atoms with van der Waals surface area (Å²) in [5.41, 5.74) is 0.666. The van der Waals surface area contributed by atoms with E-state index in [1.807, 2.05) is 43.3 Å². The smallest absolute Gasteiger partial charge is 0.253 e. The second kappa shape index (κ2) is 6.53. The average Bonchev–Trinajstić information content (AvgIpc) is 2.47. The first-order chi connectivity index (χ1) is 9.65. The van der Waals surface area contributed by atoms with Crippen LogP contribution in [0.25, 0.3) is 10.8 Å². The van der Waals surface area contributed by atoms with Gasteiger partial charge in [0.1, 0.15) is 0 Å². The average molecular weight is 331 g/mol. The summed E-state index contributed by atoms with van der Waals surface area (Å²) >= 11 is 3.44. The molecule has 0 aliphatic rings. The first kappa shape index (κ1) is 14.5. The molecule has 0 aliphatic heterocycles. The zero-order valence-corrected chi connectivity index (χ0v) is 12.9. The van der Waals surface area contributed by atoms with Gasteiger partial charge in [-0.3, -0.25) is 4.79 Å². The molecule has 0 bridgehead atoms.